The lowest BCUT2D eigenvalue weighted by Crippen LogP contribution is -2.22. The predicted octanol–water partition coefficient (Wildman–Crippen LogP) is 2.86. The van der Waals surface area contributed by atoms with Gasteiger partial charge in [0.05, 0.1) is 11.2 Å². The summed E-state index contributed by atoms with van der Waals surface area (Å²) in [7, 11) is 0. The van der Waals surface area contributed by atoms with Crippen LogP contribution >= 0.6 is 11.6 Å². The lowest BCUT2D eigenvalue weighted by molar-refractivity contribution is 0.227. The van der Waals surface area contributed by atoms with Gasteiger partial charge in [0.25, 0.3) is 0 Å². The van der Waals surface area contributed by atoms with Gasteiger partial charge >= 0.3 is 0 Å². The SMILES string of the molecule is CC(C)n1cc([C@@H]2CN(c3ncc(Cl)cc3F)C[C@H]2CO)cn1. The maximum Gasteiger partial charge on any atom is 0.167 e. The quantitative estimate of drug-likeness (QED) is 0.931. The van der Waals surface area contributed by atoms with Gasteiger partial charge in [0, 0.05) is 50.0 Å². The summed E-state index contributed by atoms with van der Waals surface area (Å²) in [4.78, 5) is 5.97. The smallest absolute Gasteiger partial charge is 0.167 e. The van der Waals surface area contributed by atoms with Gasteiger partial charge in [-0.1, -0.05) is 11.6 Å². The number of hydrogen-bond acceptors (Lipinski definition) is 4. The molecule has 0 amide bonds. The van der Waals surface area contributed by atoms with E-state index in [0.29, 0.717) is 13.1 Å². The Bertz CT molecular complexity index is 690. The first kappa shape index (κ1) is 16.2. The number of halogens is 2. The highest BCUT2D eigenvalue weighted by Crippen LogP contribution is 2.35. The highest BCUT2D eigenvalue weighted by Gasteiger charge is 2.35. The topological polar surface area (TPSA) is 54.2 Å². The summed E-state index contributed by atoms with van der Waals surface area (Å²) < 4.78 is 16.0. The normalized spacial score (nSPS) is 21.4. The number of aliphatic hydroxyl groups is 1. The van der Waals surface area contributed by atoms with Crippen LogP contribution in [0.25, 0.3) is 0 Å². The number of anilines is 1. The molecule has 5 nitrogen and oxygen atoms in total. The van der Waals surface area contributed by atoms with Crippen LogP contribution in [-0.4, -0.2) is 39.6 Å². The van der Waals surface area contributed by atoms with Gasteiger partial charge in [-0.3, -0.25) is 4.68 Å². The first-order chi connectivity index (χ1) is 11.0. The van der Waals surface area contributed by atoms with E-state index in [2.05, 4.69) is 23.9 Å². The molecule has 0 unspecified atom stereocenters. The molecule has 23 heavy (non-hydrogen) atoms. The molecule has 3 rings (SSSR count). The molecular weight excluding hydrogens is 319 g/mol. The van der Waals surface area contributed by atoms with Crippen molar-refractivity contribution < 1.29 is 9.50 Å². The summed E-state index contributed by atoms with van der Waals surface area (Å²) in [6, 6.07) is 1.55. The highest BCUT2D eigenvalue weighted by atomic mass is 35.5. The third-order valence-electron chi connectivity index (χ3n) is 4.34. The standard InChI is InChI=1S/C16H20ClFN4O/c1-10(2)22-7-11(4-20-22)14-8-21(6-12(14)9-23)16-15(18)3-13(17)5-19-16/h3-5,7,10,12,14,23H,6,8-9H2,1-2H3/t12-,14-/m0/s1. The lowest BCUT2D eigenvalue weighted by Gasteiger charge is -2.17. The van der Waals surface area contributed by atoms with Gasteiger partial charge in [-0.15, -0.1) is 0 Å². The summed E-state index contributed by atoms with van der Waals surface area (Å²) in [6.07, 6.45) is 5.29. The molecule has 3 heterocycles. The Kier molecular flexibility index (Phi) is 4.55. The van der Waals surface area contributed by atoms with Gasteiger partial charge in [0.15, 0.2) is 11.6 Å². The van der Waals surface area contributed by atoms with Gasteiger partial charge in [0.2, 0.25) is 0 Å². The van der Waals surface area contributed by atoms with E-state index in [1.54, 1.807) is 0 Å². The Morgan fingerprint density at radius 1 is 1.39 bits per heavy atom. The summed E-state index contributed by atoms with van der Waals surface area (Å²) in [5, 5.41) is 14.3. The van der Waals surface area contributed by atoms with Crippen LogP contribution in [0.5, 0.6) is 0 Å². The summed E-state index contributed by atoms with van der Waals surface area (Å²) in [5.41, 5.74) is 1.06. The van der Waals surface area contributed by atoms with Gasteiger partial charge in [0.1, 0.15) is 0 Å². The molecule has 1 aliphatic rings. The van der Waals surface area contributed by atoms with Crippen LogP contribution in [0.1, 0.15) is 31.4 Å². The fraction of sp³-hybridized carbons (Fsp3) is 0.500. The molecular formula is C16H20ClFN4O. The second kappa shape index (κ2) is 6.45. The van der Waals surface area contributed by atoms with E-state index in [4.69, 9.17) is 11.6 Å². The maximum atomic E-state index is 14.1. The number of aromatic nitrogens is 3. The van der Waals surface area contributed by atoms with Crippen molar-refractivity contribution >= 4 is 17.4 Å². The molecule has 2 aromatic heterocycles. The minimum absolute atomic E-state index is 0.0247. The maximum absolute atomic E-state index is 14.1. The molecule has 1 N–H and O–H groups in total. The largest absolute Gasteiger partial charge is 0.396 e. The molecule has 0 spiro atoms. The van der Waals surface area contributed by atoms with E-state index >= 15 is 0 Å². The predicted molar refractivity (Wildman–Crippen MR) is 87.3 cm³/mol. The Morgan fingerprint density at radius 2 is 2.17 bits per heavy atom. The van der Waals surface area contributed by atoms with Gasteiger partial charge in [-0.05, 0) is 25.5 Å². The van der Waals surface area contributed by atoms with E-state index in [-0.39, 0.29) is 35.3 Å². The van der Waals surface area contributed by atoms with Crippen molar-refractivity contribution in [1.82, 2.24) is 14.8 Å². The molecule has 0 aromatic carbocycles. The number of hydrogen-bond donors (Lipinski definition) is 1. The highest BCUT2D eigenvalue weighted by molar-refractivity contribution is 6.30. The van der Waals surface area contributed by atoms with Crippen LogP contribution in [0, 0.1) is 11.7 Å². The van der Waals surface area contributed by atoms with E-state index in [0.717, 1.165) is 5.56 Å². The second-order valence-electron chi connectivity index (χ2n) is 6.26. The molecule has 7 heteroatoms. The zero-order valence-electron chi connectivity index (χ0n) is 13.2. The Balaban J connectivity index is 1.85. The number of pyridine rings is 1. The lowest BCUT2D eigenvalue weighted by atomic mass is 9.92. The van der Waals surface area contributed by atoms with Gasteiger partial charge in [-0.25, -0.2) is 9.37 Å². The minimum Gasteiger partial charge on any atom is -0.396 e. The molecule has 2 aromatic rings. The van der Waals surface area contributed by atoms with E-state index in [1.807, 2.05) is 22.0 Å². The average Bonchev–Trinajstić information content (AvgIpc) is 3.13. The van der Waals surface area contributed by atoms with Crippen molar-refractivity contribution in [1.29, 1.82) is 0 Å². The van der Waals surface area contributed by atoms with Crippen molar-refractivity contribution in [2.45, 2.75) is 25.8 Å². The van der Waals surface area contributed by atoms with Crippen molar-refractivity contribution in [2.24, 2.45) is 5.92 Å². The zero-order chi connectivity index (χ0) is 16.6. The molecule has 1 saturated heterocycles. The number of rotatable bonds is 4. The molecule has 0 bridgehead atoms. The summed E-state index contributed by atoms with van der Waals surface area (Å²) >= 11 is 5.76. The first-order valence-corrected chi connectivity index (χ1v) is 8.08. The Labute approximate surface area is 139 Å². The number of aliphatic hydroxyl groups excluding tert-OH is 1. The van der Waals surface area contributed by atoms with Crippen LogP contribution in [-0.2, 0) is 0 Å². The fourth-order valence-electron chi connectivity index (χ4n) is 3.07. The third kappa shape index (κ3) is 3.19. The molecule has 124 valence electrons. The van der Waals surface area contributed by atoms with E-state index in [1.165, 1.54) is 12.3 Å². The van der Waals surface area contributed by atoms with Crippen LogP contribution in [0.15, 0.2) is 24.7 Å². The molecule has 2 atom stereocenters. The van der Waals surface area contributed by atoms with Crippen molar-refractivity contribution in [3.63, 3.8) is 0 Å². The van der Waals surface area contributed by atoms with Crippen molar-refractivity contribution in [3.8, 4) is 0 Å². The second-order valence-corrected chi connectivity index (χ2v) is 6.70. The summed E-state index contributed by atoms with van der Waals surface area (Å²) in [6.45, 7) is 5.33. The summed E-state index contributed by atoms with van der Waals surface area (Å²) in [5.74, 6) is -0.0274. The van der Waals surface area contributed by atoms with Crippen LogP contribution < -0.4 is 4.90 Å². The molecule has 1 aliphatic heterocycles. The Hall–Kier alpha value is -1.66. The fourth-order valence-corrected chi connectivity index (χ4v) is 3.22. The molecule has 0 saturated carbocycles. The molecule has 0 aliphatic carbocycles. The first-order valence-electron chi connectivity index (χ1n) is 7.70. The van der Waals surface area contributed by atoms with Crippen LogP contribution in [0.4, 0.5) is 10.2 Å². The Morgan fingerprint density at radius 3 is 2.78 bits per heavy atom. The minimum atomic E-state index is -0.437. The van der Waals surface area contributed by atoms with E-state index < -0.39 is 5.82 Å². The van der Waals surface area contributed by atoms with Gasteiger partial charge in [-0.2, -0.15) is 5.10 Å². The number of nitrogens with zero attached hydrogens (tertiary/aromatic N) is 4. The van der Waals surface area contributed by atoms with Crippen LogP contribution in [0.2, 0.25) is 5.02 Å². The van der Waals surface area contributed by atoms with Crippen molar-refractivity contribution in [3.05, 3.63) is 41.1 Å². The van der Waals surface area contributed by atoms with Crippen LogP contribution in [0.3, 0.4) is 0 Å². The van der Waals surface area contributed by atoms with E-state index in [9.17, 15) is 9.50 Å². The van der Waals surface area contributed by atoms with Gasteiger partial charge < -0.3 is 10.0 Å². The average molecular weight is 339 g/mol. The van der Waals surface area contributed by atoms with Crippen molar-refractivity contribution in [2.75, 3.05) is 24.6 Å². The monoisotopic (exact) mass is 338 g/mol. The molecule has 0 radical (unpaired) electrons. The third-order valence-corrected chi connectivity index (χ3v) is 4.55. The zero-order valence-corrected chi connectivity index (χ0v) is 13.9. The molecule has 1 fully saturated rings.